The van der Waals surface area contributed by atoms with Gasteiger partial charge < -0.3 is 14.2 Å². The first-order valence-corrected chi connectivity index (χ1v) is 31.3. The van der Waals surface area contributed by atoms with E-state index in [2.05, 4.69) is 167 Å². The van der Waals surface area contributed by atoms with Crippen molar-refractivity contribution in [1.82, 2.24) is 0 Å². The molecule has 0 N–H and O–H groups in total. The van der Waals surface area contributed by atoms with Gasteiger partial charge in [0.05, 0.1) is 0 Å². The Labute approximate surface area is 474 Å². The molecule has 0 fully saturated rings. The first kappa shape index (κ1) is 72.3. The SMILES string of the molecule is CC/C=C\C/C=C\C/C=C\C/C=C\C/C=C\C/C=C\CCCCCCC(=O)OCC(COC(=O)CCCCCCCCC/C=C\CCCCCCCC)OC(=O)CCCCC/C=C\C/C=C\C/C=C\C/C=C\C/C=C\CC. The molecule has 0 aromatic carbocycles. The molecule has 0 rings (SSSR count). The van der Waals surface area contributed by atoms with Crippen LogP contribution in [0.5, 0.6) is 0 Å². The van der Waals surface area contributed by atoms with Crippen molar-refractivity contribution in [3.8, 4) is 0 Å². The van der Waals surface area contributed by atoms with E-state index in [1.807, 2.05) is 0 Å². The first-order valence-electron chi connectivity index (χ1n) is 31.3. The van der Waals surface area contributed by atoms with Gasteiger partial charge in [-0.05, 0) is 141 Å². The first-order chi connectivity index (χ1) is 38.0. The molecule has 6 heteroatoms. The van der Waals surface area contributed by atoms with Crippen molar-refractivity contribution >= 4 is 17.9 Å². The highest BCUT2D eigenvalue weighted by atomic mass is 16.6. The number of carbonyl (C=O) groups is 3. The number of esters is 3. The molecule has 0 heterocycles. The van der Waals surface area contributed by atoms with Gasteiger partial charge in [-0.2, -0.15) is 0 Å². The lowest BCUT2D eigenvalue weighted by Gasteiger charge is -2.18. The molecule has 434 valence electrons. The van der Waals surface area contributed by atoms with E-state index in [0.29, 0.717) is 19.3 Å². The van der Waals surface area contributed by atoms with Crippen LogP contribution in [0.15, 0.2) is 146 Å². The maximum absolute atomic E-state index is 12.9. The van der Waals surface area contributed by atoms with Crippen LogP contribution in [0.4, 0.5) is 0 Å². The Balaban J connectivity index is 4.53. The maximum atomic E-state index is 12.9. The number of hydrogen-bond acceptors (Lipinski definition) is 6. The van der Waals surface area contributed by atoms with Crippen LogP contribution in [0.3, 0.4) is 0 Å². The highest BCUT2D eigenvalue weighted by molar-refractivity contribution is 5.71. The standard InChI is InChI=1S/C71H114O6/c1-4-7-10-13-16-19-22-25-28-31-33-34-35-36-38-40-43-46-49-52-55-58-61-64-70(73)76-67-68(66-75-69(72)63-60-57-54-51-48-45-42-39-30-27-24-21-18-15-12-9-6-3)77-71(74)65-62-59-56-53-50-47-44-41-37-32-29-26-23-20-17-14-11-8-5-2/h7-8,10-11,16-17,19-20,25-30,33-34,36-38,41,43,46-47,50,68H,4-6,9,12-15,18,21-24,31-32,35,39-40,42,44-45,48-49,51-67H2,1-3H3/b10-7-,11-8-,19-16-,20-17-,28-25-,29-26-,30-27-,34-33-,38-36-,41-37-,46-43-,50-47-. The summed E-state index contributed by atoms with van der Waals surface area (Å²) in [5.74, 6) is -0.971. The van der Waals surface area contributed by atoms with E-state index in [1.165, 1.54) is 77.0 Å². The van der Waals surface area contributed by atoms with Crippen LogP contribution in [-0.2, 0) is 28.6 Å². The minimum atomic E-state index is -0.816. The molecule has 0 aliphatic rings. The fourth-order valence-electron chi connectivity index (χ4n) is 8.17. The number of rotatable bonds is 55. The molecule has 6 nitrogen and oxygen atoms in total. The van der Waals surface area contributed by atoms with Gasteiger partial charge in [0.25, 0.3) is 0 Å². The predicted molar refractivity (Wildman–Crippen MR) is 334 cm³/mol. The highest BCUT2D eigenvalue weighted by Crippen LogP contribution is 2.14. The van der Waals surface area contributed by atoms with Gasteiger partial charge in [0.2, 0.25) is 0 Å². The number of allylic oxidation sites excluding steroid dienone is 24. The number of carbonyl (C=O) groups excluding carboxylic acids is 3. The van der Waals surface area contributed by atoms with Crippen LogP contribution >= 0.6 is 0 Å². The molecule has 0 spiro atoms. The Morgan fingerprint density at radius 1 is 0.273 bits per heavy atom. The zero-order valence-corrected chi connectivity index (χ0v) is 49.7. The minimum Gasteiger partial charge on any atom is -0.462 e. The summed E-state index contributed by atoms with van der Waals surface area (Å²) in [5, 5.41) is 0. The summed E-state index contributed by atoms with van der Waals surface area (Å²) < 4.78 is 16.9. The van der Waals surface area contributed by atoms with Crippen LogP contribution in [0, 0.1) is 0 Å². The van der Waals surface area contributed by atoms with E-state index in [4.69, 9.17) is 14.2 Å². The van der Waals surface area contributed by atoms with Crippen molar-refractivity contribution in [3.63, 3.8) is 0 Å². The summed E-state index contributed by atoms with van der Waals surface area (Å²) in [4.78, 5) is 38.3. The summed E-state index contributed by atoms with van der Waals surface area (Å²) in [7, 11) is 0. The van der Waals surface area contributed by atoms with E-state index in [0.717, 1.165) is 141 Å². The van der Waals surface area contributed by atoms with Crippen molar-refractivity contribution in [2.75, 3.05) is 13.2 Å². The van der Waals surface area contributed by atoms with Gasteiger partial charge in [-0.25, -0.2) is 0 Å². The van der Waals surface area contributed by atoms with E-state index in [-0.39, 0.29) is 37.5 Å². The van der Waals surface area contributed by atoms with Crippen LogP contribution in [0.25, 0.3) is 0 Å². The molecule has 0 bridgehead atoms. The van der Waals surface area contributed by atoms with Gasteiger partial charge >= 0.3 is 17.9 Å². The van der Waals surface area contributed by atoms with Crippen LogP contribution < -0.4 is 0 Å². The molecular formula is C71H114O6. The normalized spacial score (nSPS) is 13.1. The zero-order chi connectivity index (χ0) is 55.7. The molecule has 77 heavy (non-hydrogen) atoms. The summed E-state index contributed by atoms with van der Waals surface area (Å²) in [6.07, 6.45) is 91.2. The number of unbranched alkanes of at least 4 members (excludes halogenated alkanes) is 20. The molecule has 0 amide bonds. The van der Waals surface area contributed by atoms with E-state index >= 15 is 0 Å². The lowest BCUT2D eigenvalue weighted by molar-refractivity contribution is -0.167. The van der Waals surface area contributed by atoms with Crippen molar-refractivity contribution in [1.29, 1.82) is 0 Å². The maximum Gasteiger partial charge on any atom is 0.306 e. The summed E-state index contributed by atoms with van der Waals surface area (Å²) in [6.45, 7) is 6.36. The van der Waals surface area contributed by atoms with Crippen LogP contribution in [-0.4, -0.2) is 37.2 Å². The van der Waals surface area contributed by atoms with E-state index in [1.54, 1.807) is 0 Å². The Morgan fingerprint density at radius 2 is 0.506 bits per heavy atom. The second kappa shape index (κ2) is 63.8. The van der Waals surface area contributed by atoms with Crippen LogP contribution in [0.1, 0.15) is 265 Å². The second-order valence-electron chi connectivity index (χ2n) is 20.2. The quantitative estimate of drug-likeness (QED) is 0.0261. The third-order valence-corrected chi connectivity index (χ3v) is 12.8. The van der Waals surface area contributed by atoms with Gasteiger partial charge in [0.1, 0.15) is 13.2 Å². The van der Waals surface area contributed by atoms with Gasteiger partial charge in [-0.1, -0.05) is 250 Å². The highest BCUT2D eigenvalue weighted by Gasteiger charge is 2.19. The van der Waals surface area contributed by atoms with Crippen molar-refractivity contribution in [2.24, 2.45) is 0 Å². The van der Waals surface area contributed by atoms with Crippen molar-refractivity contribution in [2.45, 2.75) is 271 Å². The molecule has 0 saturated carbocycles. The molecule has 0 aliphatic heterocycles. The molecule has 0 aliphatic carbocycles. The molecule has 0 saturated heterocycles. The van der Waals surface area contributed by atoms with Crippen molar-refractivity contribution in [3.05, 3.63) is 146 Å². The molecule has 1 unspecified atom stereocenters. The predicted octanol–water partition coefficient (Wildman–Crippen LogP) is 21.5. The molecule has 0 radical (unpaired) electrons. The third-order valence-electron chi connectivity index (χ3n) is 12.8. The topological polar surface area (TPSA) is 78.9 Å². The minimum absolute atomic E-state index is 0.107. The van der Waals surface area contributed by atoms with Gasteiger partial charge in [-0.15, -0.1) is 0 Å². The fourth-order valence-corrected chi connectivity index (χ4v) is 8.17. The second-order valence-corrected chi connectivity index (χ2v) is 20.2. The molecular weight excluding hydrogens is 949 g/mol. The summed E-state index contributed by atoms with van der Waals surface area (Å²) in [5.41, 5.74) is 0. The van der Waals surface area contributed by atoms with Crippen LogP contribution in [0.2, 0.25) is 0 Å². The zero-order valence-electron chi connectivity index (χ0n) is 49.7. The van der Waals surface area contributed by atoms with E-state index in [9.17, 15) is 14.4 Å². The van der Waals surface area contributed by atoms with E-state index < -0.39 is 6.10 Å². The summed E-state index contributed by atoms with van der Waals surface area (Å²) in [6, 6.07) is 0. The van der Waals surface area contributed by atoms with Crippen molar-refractivity contribution < 1.29 is 28.6 Å². The lowest BCUT2D eigenvalue weighted by Crippen LogP contribution is -2.30. The number of ether oxygens (including phenoxy) is 3. The number of hydrogen-bond donors (Lipinski definition) is 0. The van der Waals surface area contributed by atoms with Gasteiger partial charge in [-0.3, -0.25) is 14.4 Å². The van der Waals surface area contributed by atoms with Gasteiger partial charge in [0.15, 0.2) is 6.10 Å². The molecule has 0 aromatic heterocycles. The molecule has 0 aromatic rings. The van der Waals surface area contributed by atoms with Gasteiger partial charge in [0, 0.05) is 19.3 Å². The largest absolute Gasteiger partial charge is 0.462 e. The smallest absolute Gasteiger partial charge is 0.306 e. The fraction of sp³-hybridized carbons (Fsp3) is 0.620. The Hall–Kier alpha value is -4.71. The summed E-state index contributed by atoms with van der Waals surface area (Å²) >= 11 is 0. The Kier molecular flexibility index (Phi) is 59.9. The third kappa shape index (κ3) is 62.0. The average molecular weight is 1060 g/mol. The Morgan fingerprint density at radius 3 is 0.818 bits per heavy atom. The average Bonchev–Trinajstić information content (AvgIpc) is 3.43. The molecule has 1 atom stereocenters. The lowest BCUT2D eigenvalue weighted by atomic mass is 10.1. The monoisotopic (exact) mass is 1060 g/mol. The Bertz CT molecular complexity index is 1700.